The van der Waals surface area contributed by atoms with E-state index in [2.05, 4.69) is 24.8 Å². The van der Waals surface area contributed by atoms with E-state index < -0.39 is 18.8 Å². The van der Waals surface area contributed by atoms with Crippen molar-refractivity contribution in [1.82, 2.24) is 9.97 Å². The summed E-state index contributed by atoms with van der Waals surface area (Å²) in [5.41, 5.74) is 0.00344. The van der Waals surface area contributed by atoms with Crippen LogP contribution in [0.4, 0.5) is 19.0 Å². The molecule has 0 aliphatic heterocycles. The number of carbonyl (C=O) groups excluding carboxylic acids is 1. The summed E-state index contributed by atoms with van der Waals surface area (Å²) >= 11 is 0. The number of anilines is 1. The van der Waals surface area contributed by atoms with Gasteiger partial charge in [-0.3, -0.25) is 4.98 Å². The van der Waals surface area contributed by atoms with Crippen LogP contribution in [-0.2, 0) is 9.47 Å². The van der Waals surface area contributed by atoms with Gasteiger partial charge in [-0.15, -0.1) is 0 Å². The van der Waals surface area contributed by atoms with Crippen molar-refractivity contribution in [3.63, 3.8) is 0 Å². The van der Waals surface area contributed by atoms with Gasteiger partial charge in [0.15, 0.2) is 5.69 Å². The Bertz CT molecular complexity index is 426. The standard InChI is InChI=1S/C10H12F3N3O3/c1-18-9(17)7-4-14-5-8(16-7)15-2-3-19-6-10(11,12)13/h4-5H,2-3,6H2,1H3,(H,15,16). The fourth-order valence-electron chi connectivity index (χ4n) is 1.09. The van der Waals surface area contributed by atoms with Gasteiger partial charge in [0.25, 0.3) is 0 Å². The fraction of sp³-hybridized carbons (Fsp3) is 0.500. The molecule has 1 N–H and O–H groups in total. The van der Waals surface area contributed by atoms with E-state index in [0.29, 0.717) is 0 Å². The van der Waals surface area contributed by atoms with Crippen molar-refractivity contribution in [2.24, 2.45) is 0 Å². The first-order chi connectivity index (χ1) is 8.92. The van der Waals surface area contributed by atoms with Gasteiger partial charge in [0.2, 0.25) is 0 Å². The molecule has 0 spiro atoms. The minimum atomic E-state index is -4.34. The zero-order chi connectivity index (χ0) is 14.3. The lowest BCUT2D eigenvalue weighted by Crippen LogP contribution is -2.20. The molecule has 1 heterocycles. The molecule has 0 radical (unpaired) electrons. The third kappa shape index (κ3) is 6.00. The third-order valence-electron chi connectivity index (χ3n) is 1.85. The first-order valence-corrected chi connectivity index (χ1v) is 5.21. The summed E-state index contributed by atoms with van der Waals surface area (Å²) in [6.45, 7) is -1.35. The van der Waals surface area contributed by atoms with Gasteiger partial charge in [-0.25, -0.2) is 9.78 Å². The quantitative estimate of drug-likeness (QED) is 0.624. The van der Waals surface area contributed by atoms with Crippen LogP contribution in [0.2, 0.25) is 0 Å². The van der Waals surface area contributed by atoms with E-state index in [1.807, 2.05) is 0 Å². The van der Waals surface area contributed by atoms with E-state index in [0.717, 1.165) is 0 Å². The first kappa shape index (κ1) is 15.2. The SMILES string of the molecule is COC(=O)c1cncc(NCCOCC(F)(F)F)n1. The van der Waals surface area contributed by atoms with Crippen LogP contribution < -0.4 is 5.32 Å². The summed E-state index contributed by atoms with van der Waals surface area (Å²) in [6.07, 6.45) is -1.79. The van der Waals surface area contributed by atoms with Gasteiger partial charge in [-0.1, -0.05) is 0 Å². The highest BCUT2D eigenvalue weighted by molar-refractivity contribution is 5.87. The van der Waals surface area contributed by atoms with E-state index in [4.69, 9.17) is 0 Å². The molecule has 0 atom stereocenters. The van der Waals surface area contributed by atoms with Gasteiger partial charge in [0.05, 0.1) is 26.1 Å². The Labute approximate surface area is 106 Å². The van der Waals surface area contributed by atoms with Crippen molar-refractivity contribution in [1.29, 1.82) is 0 Å². The Morgan fingerprint density at radius 3 is 2.79 bits per heavy atom. The second-order valence-corrected chi connectivity index (χ2v) is 3.38. The summed E-state index contributed by atoms with van der Waals surface area (Å²) in [5, 5.41) is 2.68. The second-order valence-electron chi connectivity index (χ2n) is 3.38. The number of alkyl halides is 3. The zero-order valence-corrected chi connectivity index (χ0v) is 10.0. The molecular formula is C10H12F3N3O3. The van der Waals surface area contributed by atoms with Crippen molar-refractivity contribution < 1.29 is 27.4 Å². The second kappa shape index (κ2) is 6.88. The maximum absolute atomic E-state index is 11.8. The average Bonchev–Trinajstić information content (AvgIpc) is 2.36. The molecule has 19 heavy (non-hydrogen) atoms. The van der Waals surface area contributed by atoms with Gasteiger partial charge in [-0.2, -0.15) is 13.2 Å². The molecule has 0 amide bonds. The van der Waals surface area contributed by atoms with Crippen LogP contribution in [0, 0.1) is 0 Å². The normalized spacial score (nSPS) is 11.2. The highest BCUT2D eigenvalue weighted by Crippen LogP contribution is 2.14. The largest absolute Gasteiger partial charge is 0.464 e. The molecular weight excluding hydrogens is 267 g/mol. The number of ether oxygens (including phenoxy) is 2. The molecule has 0 unspecified atom stereocenters. The zero-order valence-electron chi connectivity index (χ0n) is 10.0. The number of esters is 1. The first-order valence-electron chi connectivity index (χ1n) is 5.21. The minimum Gasteiger partial charge on any atom is -0.464 e. The van der Waals surface area contributed by atoms with Gasteiger partial charge < -0.3 is 14.8 Å². The topological polar surface area (TPSA) is 73.3 Å². The minimum absolute atomic E-state index is 0.00344. The molecule has 1 aromatic rings. The highest BCUT2D eigenvalue weighted by atomic mass is 19.4. The molecule has 0 fully saturated rings. The molecule has 106 valence electrons. The molecule has 0 aliphatic rings. The van der Waals surface area contributed by atoms with Crippen molar-refractivity contribution in [2.75, 3.05) is 32.2 Å². The number of nitrogens with zero attached hydrogens (tertiary/aromatic N) is 2. The predicted molar refractivity (Wildman–Crippen MR) is 58.7 cm³/mol. The smallest absolute Gasteiger partial charge is 0.411 e. The van der Waals surface area contributed by atoms with Gasteiger partial charge in [-0.05, 0) is 0 Å². The lowest BCUT2D eigenvalue weighted by atomic mass is 10.4. The number of methoxy groups -OCH3 is 1. The van der Waals surface area contributed by atoms with Crippen LogP contribution >= 0.6 is 0 Å². The number of nitrogens with one attached hydrogen (secondary N) is 1. The Morgan fingerprint density at radius 2 is 2.16 bits per heavy atom. The molecule has 0 saturated carbocycles. The number of hydrogen-bond donors (Lipinski definition) is 1. The lowest BCUT2D eigenvalue weighted by molar-refractivity contribution is -0.172. The van der Waals surface area contributed by atoms with E-state index in [1.54, 1.807) is 0 Å². The summed E-state index contributed by atoms with van der Waals surface area (Å²) in [5.74, 6) is -0.400. The molecule has 0 bridgehead atoms. The third-order valence-corrected chi connectivity index (χ3v) is 1.85. The van der Waals surface area contributed by atoms with Crippen LogP contribution in [0.1, 0.15) is 10.5 Å². The van der Waals surface area contributed by atoms with Crippen molar-refractivity contribution in [3.8, 4) is 0 Å². The Hall–Kier alpha value is -1.90. The van der Waals surface area contributed by atoms with Crippen LogP contribution in [-0.4, -0.2) is 49.0 Å². The molecule has 6 nitrogen and oxygen atoms in total. The summed E-state index contributed by atoms with van der Waals surface area (Å²) < 4.78 is 44.1. The molecule has 0 saturated heterocycles. The van der Waals surface area contributed by atoms with Crippen LogP contribution in [0.3, 0.4) is 0 Å². The average molecular weight is 279 g/mol. The van der Waals surface area contributed by atoms with Crippen molar-refractivity contribution in [2.45, 2.75) is 6.18 Å². The molecule has 1 rings (SSSR count). The number of hydrogen-bond acceptors (Lipinski definition) is 6. The number of aromatic nitrogens is 2. The lowest BCUT2D eigenvalue weighted by Gasteiger charge is -2.09. The predicted octanol–water partition coefficient (Wildman–Crippen LogP) is 1.25. The Balaban J connectivity index is 2.35. The van der Waals surface area contributed by atoms with Crippen LogP contribution in [0.5, 0.6) is 0 Å². The monoisotopic (exact) mass is 279 g/mol. The van der Waals surface area contributed by atoms with Crippen LogP contribution in [0.15, 0.2) is 12.4 Å². The molecule has 9 heteroatoms. The van der Waals surface area contributed by atoms with E-state index >= 15 is 0 Å². The van der Waals surface area contributed by atoms with Gasteiger partial charge in [0.1, 0.15) is 12.4 Å². The van der Waals surface area contributed by atoms with E-state index in [-0.39, 0.29) is 24.7 Å². The van der Waals surface area contributed by atoms with Crippen molar-refractivity contribution >= 4 is 11.8 Å². The fourth-order valence-corrected chi connectivity index (χ4v) is 1.09. The highest BCUT2D eigenvalue weighted by Gasteiger charge is 2.27. The van der Waals surface area contributed by atoms with Gasteiger partial charge in [0, 0.05) is 6.54 Å². The number of halogens is 3. The maximum atomic E-state index is 11.8. The summed E-state index contributed by atoms with van der Waals surface area (Å²) in [6, 6.07) is 0. The maximum Gasteiger partial charge on any atom is 0.411 e. The number of rotatable bonds is 6. The van der Waals surface area contributed by atoms with Crippen LogP contribution in [0.25, 0.3) is 0 Å². The Kier molecular flexibility index (Phi) is 5.49. The molecule has 0 aliphatic carbocycles. The summed E-state index contributed by atoms with van der Waals surface area (Å²) in [4.78, 5) is 18.8. The number of carbonyl (C=O) groups is 1. The van der Waals surface area contributed by atoms with Gasteiger partial charge >= 0.3 is 12.1 Å². The van der Waals surface area contributed by atoms with Crippen molar-refractivity contribution in [3.05, 3.63) is 18.1 Å². The molecule has 1 aromatic heterocycles. The molecule has 0 aromatic carbocycles. The Morgan fingerprint density at radius 1 is 1.42 bits per heavy atom. The summed E-state index contributed by atoms with van der Waals surface area (Å²) in [7, 11) is 1.20. The van der Waals surface area contributed by atoms with E-state index in [1.165, 1.54) is 19.5 Å². The van der Waals surface area contributed by atoms with E-state index in [9.17, 15) is 18.0 Å².